The lowest BCUT2D eigenvalue weighted by molar-refractivity contribution is -0.0838. The summed E-state index contributed by atoms with van der Waals surface area (Å²) < 4.78 is 1.87. The Balaban J connectivity index is 1.63. The van der Waals surface area contributed by atoms with Crippen LogP contribution in [0.1, 0.15) is 46.0 Å². The highest BCUT2D eigenvalue weighted by atomic mass is 32.1. The molecule has 2 unspecified atom stereocenters. The summed E-state index contributed by atoms with van der Waals surface area (Å²) in [5.41, 5.74) is 8.04. The van der Waals surface area contributed by atoms with Gasteiger partial charge in [-0.2, -0.15) is 5.10 Å². The molecular formula is C20H26N6OS. The average molecular weight is 399 g/mol. The highest BCUT2D eigenvalue weighted by molar-refractivity contribution is 7.18. The Kier molecular flexibility index (Phi) is 3.93. The van der Waals surface area contributed by atoms with Crippen LogP contribution in [-0.2, 0) is 0 Å². The standard InChI is InChI=1S/C20H26N6OS/c1-12-6-19(7-13(2)9-20(27,8-12)11-19)23-16-14(17-24-25-18(21)28-17)10-22-26-5-3-4-15(16)26/h3-5,10,12-13,23,27H,6-9,11H2,1-2H3,(H2,21,25)/t12-,13+,19?,20?. The number of nitrogens with one attached hydrogen (secondary N) is 1. The number of nitrogens with two attached hydrogens (primary N) is 1. The lowest BCUT2D eigenvalue weighted by Gasteiger charge is -2.54. The number of hydrogen-bond acceptors (Lipinski definition) is 7. The molecule has 0 spiro atoms. The molecule has 2 aliphatic rings. The summed E-state index contributed by atoms with van der Waals surface area (Å²) in [5.74, 6) is 0.952. The van der Waals surface area contributed by atoms with Crippen LogP contribution in [-0.4, -0.2) is 36.1 Å². The summed E-state index contributed by atoms with van der Waals surface area (Å²) in [5, 5.41) is 29.1. The van der Waals surface area contributed by atoms with Crippen LogP contribution in [0, 0.1) is 11.8 Å². The van der Waals surface area contributed by atoms with Crippen LogP contribution in [0.4, 0.5) is 10.8 Å². The third-order valence-corrected chi connectivity index (χ3v) is 7.01. The van der Waals surface area contributed by atoms with Crippen LogP contribution in [0.2, 0.25) is 0 Å². The van der Waals surface area contributed by atoms with Crippen molar-refractivity contribution in [1.29, 1.82) is 0 Å². The minimum Gasteiger partial charge on any atom is -0.390 e. The molecule has 2 bridgehead atoms. The smallest absolute Gasteiger partial charge is 0.203 e. The molecule has 3 heterocycles. The van der Waals surface area contributed by atoms with Gasteiger partial charge in [-0.15, -0.1) is 10.2 Å². The van der Waals surface area contributed by atoms with E-state index in [2.05, 4.69) is 40.5 Å². The number of nitrogens with zero attached hydrogens (tertiary/aromatic N) is 4. The van der Waals surface area contributed by atoms with E-state index in [4.69, 9.17) is 5.73 Å². The Hall–Kier alpha value is -2.19. The molecule has 0 saturated heterocycles. The number of fused-ring (bicyclic) bond motifs is 3. The van der Waals surface area contributed by atoms with Gasteiger partial charge >= 0.3 is 0 Å². The van der Waals surface area contributed by atoms with E-state index in [-0.39, 0.29) is 5.54 Å². The molecule has 28 heavy (non-hydrogen) atoms. The second-order valence-corrected chi connectivity index (χ2v) is 10.1. The first-order chi connectivity index (χ1) is 13.3. The lowest BCUT2D eigenvalue weighted by Crippen LogP contribution is -2.57. The Bertz CT molecular complexity index is 1010. The molecule has 2 fully saturated rings. The Morgan fingerprint density at radius 2 is 1.96 bits per heavy atom. The molecule has 2 aliphatic carbocycles. The first kappa shape index (κ1) is 17.9. The Labute approximate surface area is 168 Å². The summed E-state index contributed by atoms with van der Waals surface area (Å²) in [6.45, 7) is 4.50. The molecule has 148 valence electrons. The fraction of sp³-hybridized carbons (Fsp3) is 0.550. The summed E-state index contributed by atoms with van der Waals surface area (Å²) in [6.07, 6.45) is 8.42. The number of aliphatic hydroxyl groups is 1. The highest BCUT2D eigenvalue weighted by Gasteiger charge is 2.51. The molecule has 7 nitrogen and oxygen atoms in total. The van der Waals surface area contributed by atoms with E-state index in [0.717, 1.165) is 53.9 Å². The third-order valence-electron chi connectivity index (χ3n) is 6.23. The van der Waals surface area contributed by atoms with Crippen LogP contribution in [0.25, 0.3) is 16.1 Å². The fourth-order valence-electron chi connectivity index (χ4n) is 5.90. The van der Waals surface area contributed by atoms with Crippen molar-refractivity contribution in [2.75, 3.05) is 11.1 Å². The molecule has 3 aromatic rings. The van der Waals surface area contributed by atoms with Gasteiger partial charge in [0.25, 0.3) is 0 Å². The Morgan fingerprint density at radius 3 is 2.64 bits per heavy atom. The SMILES string of the molecule is C[C@@H]1CC2(O)C[C@H](C)CC(Nc3c(-c4nnc(N)s4)cnn4cccc34)(C1)C2. The van der Waals surface area contributed by atoms with Gasteiger partial charge in [-0.05, 0) is 56.1 Å². The third kappa shape index (κ3) is 2.95. The molecule has 0 aliphatic heterocycles. The predicted octanol–water partition coefficient (Wildman–Crippen LogP) is 3.57. The maximum Gasteiger partial charge on any atom is 0.203 e. The zero-order valence-electron chi connectivity index (χ0n) is 16.2. The van der Waals surface area contributed by atoms with Crippen LogP contribution in [0.15, 0.2) is 24.5 Å². The molecule has 4 atom stereocenters. The van der Waals surface area contributed by atoms with Crippen molar-refractivity contribution in [3.05, 3.63) is 24.5 Å². The van der Waals surface area contributed by atoms with E-state index in [1.807, 2.05) is 23.0 Å². The van der Waals surface area contributed by atoms with E-state index in [9.17, 15) is 5.11 Å². The van der Waals surface area contributed by atoms with Crippen molar-refractivity contribution < 1.29 is 5.11 Å². The molecule has 8 heteroatoms. The highest BCUT2D eigenvalue weighted by Crippen LogP contribution is 2.52. The second-order valence-electron chi connectivity index (χ2n) is 9.05. The zero-order chi connectivity index (χ0) is 19.5. The van der Waals surface area contributed by atoms with Gasteiger partial charge in [-0.1, -0.05) is 25.2 Å². The quantitative estimate of drug-likeness (QED) is 0.623. The second kappa shape index (κ2) is 6.15. The maximum absolute atomic E-state index is 11.3. The van der Waals surface area contributed by atoms with Gasteiger partial charge < -0.3 is 16.2 Å². The molecule has 0 aromatic carbocycles. The molecular weight excluding hydrogens is 372 g/mol. The van der Waals surface area contributed by atoms with Gasteiger partial charge in [0.05, 0.1) is 28.6 Å². The van der Waals surface area contributed by atoms with Crippen LogP contribution in [0.3, 0.4) is 0 Å². The average Bonchev–Trinajstić information content (AvgIpc) is 3.21. The number of nitrogen functional groups attached to an aromatic ring is 1. The van der Waals surface area contributed by atoms with Gasteiger partial charge in [0, 0.05) is 11.7 Å². The van der Waals surface area contributed by atoms with Crippen molar-refractivity contribution >= 4 is 27.7 Å². The minimum absolute atomic E-state index is 0.138. The van der Waals surface area contributed by atoms with E-state index in [0.29, 0.717) is 17.0 Å². The zero-order valence-corrected chi connectivity index (χ0v) is 17.0. The number of anilines is 2. The number of rotatable bonds is 3. The maximum atomic E-state index is 11.3. The first-order valence-electron chi connectivity index (χ1n) is 9.91. The van der Waals surface area contributed by atoms with Crippen molar-refractivity contribution in [3.8, 4) is 10.6 Å². The van der Waals surface area contributed by atoms with Crippen molar-refractivity contribution in [3.63, 3.8) is 0 Å². The minimum atomic E-state index is -0.582. The van der Waals surface area contributed by atoms with Crippen molar-refractivity contribution in [2.45, 2.75) is 57.1 Å². The normalized spacial score (nSPS) is 32.5. The van der Waals surface area contributed by atoms with E-state index >= 15 is 0 Å². The van der Waals surface area contributed by atoms with E-state index in [1.165, 1.54) is 11.3 Å². The molecule has 0 amide bonds. The summed E-state index contributed by atoms with van der Waals surface area (Å²) in [6, 6.07) is 4.05. The van der Waals surface area contributed by atoms with E-state index in [1.54, 1.807) is 0 Å². The van der Waals surface area contributed by atoms with Crippen molar-refractivity contribution in [1.82, 2.24) is 19.8 Å². The van der Waals surface area contributed by atoms with E-state index < -0.39 is 5.60 Å². The van der Waals surface area contributed by atoms with Gasteiger partial charge in [-0.25, -0.2) is 4.52 Å². The molecule has 2 saturated carbocycles. The molecule has 3 aromatic heterocycles. The van der Waals surface area contributed by atoms with Crippen LogP contribution >= 0.6 is 11.3 Å². The lowest BCUT2D eigenvalue weighted by atomic mass is 9.59. The number of hydrogen-bond donors (Lipinski definition) is 3. The number of aromatic nitrogens is 4. The molecule has 0 radical (unpaired) electrons. The van der Waals surface area contributed by atoms with Crippen LogP contribution < -0.4 is 11.1 Å². The van der Waals surface area contributed by atoms with Gasteiger partial charge in [0.1, 0.15) is 0 Å². The largest absolute Gasteiger partial charge is 0.390 e. The Morgan fingerprint density at radius 1 is 1.21 bits per heavy atom. The summed E-state index contributed by atoms with van der Waals surface area (Å²) >= 11 is 1.37. The van der Waals surface area contributed by atoms with Gasteiger partial charge in [0.2, 0.25) is 5.13 Å². The monoisotopic (exact) mass is 398 g/mol. The first-order valence-corrected chi connectivity index (χ1v) is 10.7. The van der Waals surface area contributed by atoms with Gasteiger partial charge in [-0.3, -0.25) is 0 Å². The topological polar surface area (TPSA) is 101 Å². The fourth-order valence-corrected chi connectivity index (χ4v) is 6.53. The van der Waals surface area contributed by atoms with Gasteiger partial charge in [0.15, 0.2) is 5.01 Å². The summed E-state index contributed by atoms with van der Waals surface area (Å²) in [4.78, 5) is 0. The summed E-state index contributed by atoms with van der Waals surface area (Å²) in [7, 11) is 0. The van der Waals surface area contributed by atoms with Crippen LogP contribution in [0.5, 0.6) is 0 Å². The predicted molar refractivity (Wildman–Crippen MR) is 111 cm³/mol. The van der Waals surface area contributed by atoms with Crippen molar-refractivity contribution in [2.24, 2.45) is 11.8 Å². The molecule has 5 rings (SSSR count). The molecule has 4 N–H and O–H groups in total.